The van der Waals surface area contributed by atoms with Gasteiger partial charge in [-0.05, 0) is 43.4 Å². The molecule has 1 aromatic carbocycles. The van der Waals surface area contributed by atoms with Gasteiger partial charge in [0.15, 0.2) is 0 Å². The second-order valence-corrected chi connectivity index (χ2v) is 6.89. The minimum absolute atomic E-state index is 0.122. The molecule has 112 valence electrons. The van der Waals surface area contributed by atoms with Gasteiger partial charge in [0.25, 0.3) is 0 Å². The average Bonchev–Trinajstić information content (AvgIpc) is 2.42. The lowest BCUT2D eigenvalue weighted by Crippen LogP contribution is -2.52. The number of aliphatic hydroxyl groups excluding tert-OH is 1. The van der Waals surface area contributed by atoms with Crippen molar-refractivity contribution >= 4 is 10.0 Å². The third-order valence-electron chi connectivity index (χ3n) is 4.04. The molecule has 1 aromatic rings. The maximum Gasteiger partial charge on any atom is 0.244 e. The van der Waals surface area contributed by atoms with Gasteiger partial charge in [-0.2, -0.15) is 0 Å². The molecule has 0 radical (unpaired) electrons. The van der Waals surface area contributed by atoms with E-state index < -0.39 is 10.0 Å². The minimum atomic E-state index is -3.62. The van der Waals surface area contributed by atoms with Crippen molar-refractivity contribution in [1.82, 2.24) is 4.72 Å². The number of sulfonamides is 1. The molecular weight excluding hydrogens is 278 g/mol. The van der Waals surface area contributed by atoms with Crippen molar-refractivity contribution in [2.24, 2.45) is 0 Å². The average molecular weight is 299 g/mol. The van der Waals surface area contributed by atoms with Gasteiger partial charge in [0.05, 0.1) is 13.7 Å². The highest BCUT2D eigenvalue weighted by Gasteiger charge is 2.39. The number of benzene rings is 1. The molecule has 0 saturated heterocycles. The highest BCUT2D eigenvalue weighted by molar-refractivity contribution is 7.89. The van der Waals surface area contributed by atoms with E-state index in [1.165, 1.54) is 13.2 Å². The van der Waals surface area contributed by atoms with Crippen LogP contribution in [0.3, 0.4) is 0 Å². The molecule has 0 bridgehead atoms. The molecule has 0 amide bonds. The van der Waals surface area contributed by atoms with Crippen LogP contribution in [-0.4, -0.2) is 26.2 Å². The van der Waals surface area contributed by atoms with Gasteiger partial charge < -0.3 is 9.84 Å². The van der Waals surface area contributed by atoms with Gasteiger partial charge in [-0.3, -0.25) is 0 Å². The van der Waals surface area contributed by atoms with Gasteiger partial charge in [0.2, 0.25) is 10.0 Å². The fourth-order valence-corrected chi connectivity index (χ4v) is 4.19. The van der Waals surface area contributed by atoms with E-state index in [2.05, 4.69) is 4.72 Å². The van der Waals surface area contributed by atoms with Gasteiger partial charge in [-0.1, -0.05) is 13.0 Å². The van der Waals surface area contributed by atoms with E-state index in [0.29, 0.717) is 5.56 Å². The van der Waals surface area contributed by atoms with Crippen LogP contribution in [0.5, 0.6) is 5.75 Å². The van der Waals surface area contributed by atoms with E-state index in [9.17, 15) is 8.42 Å². The number of ether oxygens (including phenoxy) is 1. The molecule has 0 spiro atoms. The van der Waals surface area contributed by atoms with Crippen molar-refractivity contribution in [3.8, 4) is 5.75 Å². The first-order chi connectivity index (χ1) is 9.46. The van der Waals surface area contributed by atoms with Crippen LogP contribution in [0, 0.1) is 0 Å². The summed E-state index contributed by atoms with van der Waals surface area (Å²) in [6.45, 7) is 1.84. The second kappa shape index (κ2) is 5.71. The standard InChI is InChI=1S/C14H21NO4S/c1-3-14(7-4-8-14)15-20(17,18)13-6-5-11(10-16)9-12(13)19-2/h5-6,9,15-16H,3-4,7-8,10H2,1-2H3. The molecule has 6 heteroatoms. The zero-order valence-corrected chi connectivity index (χ0v) is 12.7. The van der Waals surface area contributed by atoms with Crippen molar-refractivity contribution < 1.29 is 18.3 Å². The summed E-state index contributed by atoms with van der Waals surface area (Å²) in [5.41, 5.74) is 0.314. The smallest absolute Gasteiger partial charge is 0.244 e. The summed E-state index contributed by atoms with van der Waals surface area (Å²) in [4.78, 5) is 0.122. The Morgan fingerprint density at radius 3 is 2.55 bits per heavy atom. The fourth-order valence-electron chi connectivity index (χ4n) is 2.50. The molecule has 2 N–H and O–H groups in total. The van der Waals surface area contributed by atoms with Gasteiger partial charge in [0, 0.05) is 5.54 Å². The van der Waals surface area contributed by atoms with E-state index in [1.807, 2.05) is 6.92 Å². The maximum atomic E-state index is 12.5. The number of methoxy groups -OCH3 is 1. The molecule has 1 aliphatic carbocycles. The fraction of sp³-hybridized carbons (Fsp3) is 0.571. The lowest BCUT2D eigenvalue weighted by atomic mass is 9.76. The molecule has 0 atom stereocenters. The van der Waals surface area contributed by atoms with Crippen LogP contribution in [0.15, 0.2) is 23.1 Å². The minimum Gasteiger partial charge on any atom is -0.495 e. The Morgan fingerprint density at radius 2 is 2.10 bits per heavy atom. The predicted molar refractivity (Wildman–Crippen MR) is 76.1 cm³/mol. The molecule has 0 unspecified atom stereocenters. The van der Waals surface area contributed by atoms with Crippen LogP contribution in [0.4, 0.5) is 0 Å². The number of hydrogen-bond acceptors (Lipinski definition) is 4. The topological polar surface area (TPSA) is 75.6 Å². The summed E-state index contributed by atoms with van der Waals surface area (Å²) in [5, 5.41) is 9.10. The Balaban J connectivity index is 2.34. The lowest BCUT2D eigenvalue weighted by molar-refractivity contribution is 0.213. The van der Waals surface area contributed by atoms with E-state index >= 15 is 0 Å². The molecule has 2 rings (SSSR count). The van der Waals surface area contributed by atoms with Gasteiger partial charge in [-0.25, -0.2) is 13.1 Å². The predicted octanol–water partition coefficient (Wildman–Crippen LogP) is 1.80. The molecular formula is C14H21NO4S. The first-order valence-electron chi connectivity index (χ1n) is 6.78. The maximum absolute atomic E-state index is 12.5. The third-order valence-corrected chi connectivity index (χ3v) is 5.66. The van der Waals surface area contributed by atoms with Gasteiger partial charge in [-0.15, -0.1) is 0 Å². The number of aliphatic hydroxyl groups is 1. The summed E-state index contributed by atoms with van der Waals surface area (Å²) in [5.74, 6) is 0.259. The normalized spacial score (nSPS) is 17.6. The van der Waals surface area contributed by atoms with Crippen molar-refractivity contribution in [1.29, 1.82) is 0 Å². The lowest BCUT2D eigenvalue weighted by Gasteiger charge is -2.41. The van der Waals surface area contributed by atoms with Crippen molar-refractivity contribution in [3.63, 3.8) is 0 Å². The number of rotatable bonds is 6. The Morgan fingerprint density at radius 1 is 1.40 bits per heavy atom. The zero-order valence-electron chi connectivity index (χ0n) is 11.8. The summed E-state index contributed by atoms with van der Waals surface area (Å²) in [7, 11) is -2.19. The van der Waals surface area contributed by atoms with Crippen molar-refractivity contribution in [2.45, 2.75) is 49.6 Å². The first kappa shape index (κ1) is 15.3. The molecule has 0 aliphatic heterocycles. The van der Waals surface area contributed by atoms with E-state index in [1.54, 1.807) is 12.1 Å². The molecule has 1 saturated carbocycles. The SMILES string of the molecule is CCC1(NS(=O)(=O)c2ccc(CO)cc2OC)CCC1. The molecule has 1 fully saturated rings. The Bertz CT molecular complexity index is 573. The molecule has 20 heavy (non-hydrogen) atoms. The largest absolute Gasteiger partial charge is 0.495 e. The zero-order chi connectivity index (χ0) is 14.8. The monoisotopic (exact) mass is 299 g/mol. The first-order valence-corrected chi connectivity index (χ1v) is 8.26. The van der Waals surface area contributed by atoms with E-state index in [-0.39, 0.29) is 22.8 Å². The second-order valence-electron chi connectivity index (χ2n) is 5.24. The van der Waals surface area contributed by atoms with Gasteiger partial charge in [0.1, 0.15) is 10.6 Å². The van der Waals surface area contributed by atoms with E-state index in [0.717, 1.165) is 25.7 Å². The Hall–Kier alpha value is -1.11. The van der Waals surface area contributed by atoms with Crippen molar-refractivity contribution in [2.75, 3.05) is 7.11 Å². The van der Waals surface area contributed by atoms with E-state index in [4.69, 9.17) is 9.84 Å². The summed E-state index contributed by atoms with van der Waals surface area (Å²) in [6, 6.07) is 4.62. The van der Waals surface area contributed by atoms with Crippen LogP contribution < -0.4 is 9.46 Å². The van der Waals surface area contributed by atoms with Gasteiger partial charge >= 0.3 is 0 Å². The quantitative estimate of drug-likeness (QED) is 0.840. The molecule has 1 aliphatic rings. The van der Waals surface area contributed by atoms with Crippen LogP contribution in [-0.2, 0) is 16.6 Å². The third kappa shape index (κ3) is 2.82. The number of nitrogens with one attached hydrogen (secondary N) is 1. The molecule has 0 aromatic heterocycles. The summed E-state index contributed by atoms with van der Waals surface area (Å²) in [6.07, 6.45) is 3.58. The highest BCUT2D eigenvalue weighted by atomic mass is 32.2. The van der Waals surface area contributed by atoms with Crippen LogP contribution >= 0.6 is 0 Å². The summed E-state index contributed by atoms with van der Waals surface area (Å²) < 4.78 is 33.0. The van der Waals surface area contributed by atoms with Crippen LogP contribution in [0.1, 0.15) is 38.2 Å². The summed E-state index contributed by atoms with van der Waals surface area (Å²) >= 11 is 0. The van der Waals surface area contributed by atoms with Crippen LogP contribution in [0.2, 0.25) is 0 Å². The molecule has 0 heterocycles. The van der Waals surface area contributed by atoms with Crippen LogP contribution in [0.25, 0.3) is 0 Å². The Kier molecular flexibility index (Phi) is 4.36. The number of hydrogen-bond donors (Lipinski definition) is 2. The Labute approximate surface area is 120 Å². The molecule has 5 nitrogen and oxygen atoms in total. The highest BCUT2D eigenvalue weighted by Crippen LogP contribution is 2.37. The van der Waals surface area contributed by atoms with Crippen molar-refractivity contribution in [3.05, 3.63) is 23.8 Å².